The number of amides is 1. The number of methoxy groups -OCH3 is 1. The third kappa shape index (κ3) is 6.87. The van der Waals surface area contributed by atoms with Gasteiger partial charge in [0.25, 0.3) is 20.0 Å². The van der Waals surface area contributed by atoms with E-state index >= 15 is 0 Å². The van der Waals surface area contributed by atoms with Crippen LogP contribution in [-0.4, -0.2) is 36.4 Å². The van der Waals surface area contributed by atoms with Crippen LogP contribution in [0.3, 0.4) is 0 Å². The van der Waals surface area contributed by atoms with Crippen molar-refractivity contribution in [2.75, 3.05) is 28.0 Å². The van der Waals surface area contributed by atoms with Crippen LogP contribution in [0.5, 0.6) is 5.75 Å². The Bertz CT molecular complexity index is 1770. The van der Waals surface area contributed by atoms with Gasteiger partial charge in [0.15, 0.2) is 0 Å². The molecule has 1 amide bonds. The molecule has 9 nitrogen and oxygen atoms in total. The zero-order valence-electron chi connectivity index (χ0n) is 23.1. The second-order valence-electron chi connectivity index (χ2n) is 9.47. The summed E-state index contributed by atoms with van der Waals surface area (Å²) in [4.78, 5) is 13.1. The predicted octanol–water partition coefficient (Wildman–Crippen LogP) is 5.26. The monoisotopic (exact) mass is 593 g/mol. The van der Waals surface area contributed by atoms with Crippen molar-refractivity contribution in [3.63, 3.8) is 0 Å². The number of sulfonamides is 2. The number of benzene rings is 4. The minimum absolute atomic E-state index is 0.00586. The second kappa shape index (κ2) is 12.0. The van der Waals surface area contributed by atoms with E-state index in [1.807, 2.05) is 26.8 Å². The molecule has 4 aromatic rings. The largest absolute Gasteiger partial charge is 0.495 e. The number of aryl methyl sites for hydroxylation is 3. The molecule has 0 saturated heterocycles. The first-order valence-corrected chi connectivity index (χ1v) is 15.6. The lowest BCUT2D eigenvalue weighted by molar-refractivity contribution is -0.114. The van der Waals surface area contributed by atoms with Crippen molar-refractivity contribution in [1.29, 1.82) is 0 Å². The van der Waals surface area contributed by atoms with E-state index in [1.165, 1.54) is 43.5 Å². The molecule has 0 aliphatic rings. The van der Waals surface area contributed by atoms with E-state index in [1.54, 1.807) is 48.5 Å². The van der Waals surface area contributed by atoms with Gasteiger partial charge in [-0.05, 0) is 92.6 Å². The van der Waals surface area contributed by atoms with Crippen molar-refractivity contribution in [2.24, 2.45) is 0 Å². The van der Waals surface area contributed by atoms with Gasteiger partial charge in [0, 0.05) is 11.4 Å². The number of hydrogen-bond donors (Lipinski definition) is 2. The molecule has 0 spiro atoms. The molecule has 0 heterocycles. The third-order valence-corrected chi connectivity index (χ3v) is 9.63. The molecular formula is C30H31N3O6S2. The molecule has 0 saturated carbocycles. The van der Waals surface area contributed by atoms with E-state index in [2.05, 4.69) is 10.0 Å². The van der Waals surface area contributed by atoms with Gasteiger partial charge in [-0.2, -0.15) is 0 Å². The van der Waals surface area contributed by atoms with Gasteiger partial charge in [0.05, 0.1) is 22.6 Å². The summed E-state index contributed by atoms with van der Waals surface area (Å²) in [6.45, 7) is 5.13. The average Bonchev–Trinajstić information content (AvgIpc) is 2.94. The summed E-state index contributed by atoms with van der Waals surface area (Å²) in [7, 11) is -6.60. The molecule has 0 fully saturated rings. The average molecular weight is 594 g/mol. The van der Waals surface area contributed by atoms with Gasteiger partial charge in [-0.25, -0.2) is 16.8 Å². The Kier molecular flexibility index (Phi) is 8.69. The molecular weight excluding hydrogens is 562 g/mol. The molecule has 11 heteroatoms. The highest BCUT2D eigenvalue weighted by Gasteiger charge is 2.29. The fraction of sp³-hybridized carbons (Fsp3) is 0.167. The van der Waals surface area contributed by atoms with E-state index in [0.717, 1.165) is 21.0 Å². The molecule has 0 unspecified atom stereocenters. The quantitative estimate of drug-likeness (QED) is 0.259. The van der Waals surface area contributed by atoms with Crippen LogP contribution in [0, 0.1) is 20.8 Å². The third-order valence-electron chi connectivity index (χ3n) is 6.46. The van der Waals surface area contributed by atoms with E-state index in [-0.39, 0.29) is 21.2 Å². The van der Waals surface area contributed by atoms with Crippen LogP contribution in [-0.2, 0) is 24.8 Å². The van der Waals surface area contributed by atoms with Crippen LogP contribution in [0.4, 0.5) is 17.1 Å². The van der Waals surface area contributed by atoms with Crippen LogP contribution < -0.4 is 19.1 Å². The van der Waals surface area contributed by atoms with E-state index in [0.29, 0.717) is 11.4 Å². The van der Waals surface area contributed by atoms with Crippen LogP contribution in [0.15, 0.2) is 101 Å². The van der Waals surface area contributed by atoms with Crippen molar-refractivity contribution in [3.8, 4) is 5.75 Å². The maximum atomic E-state index is 13.7. The molecule has 0 aliphatic heterocycles. The first kappa shape index (κ1) is 29.6. The lowest BCUT2D eigenvalue weighted by Gasteiger charge is -2.25. The highest BCUT2D eigenvalue weighted by molar-refractivity contribution is 7.93. The number of carbonyl (C=O) groups is 1. The summed E-state index contributed by atoms with van der Waals surface area (Å²) in [5.74, 6) is -0.350. The van der Waals surface area contributed by atoms with Crippen LogP contribution in [0.1, 0.15) is 16.7 Å². The van der Waals surface area contributed by atoms with Crippen LogP contribution >= 0.6 is 0 Å². The van der Waals surface area contributed by atoms with Gasteiger partial charge in [-0.3, -0.25) is 13.8 Å². The zero-order valence-corrected chi connectivity index (χ0v) is 24.7. The number of carbonyl (C=O) groups excluding carboxylic acids is 1. The molecule has 0 bridgehead atoms. The summed E-state index contributed by atoms with van der Waals surface area (Å²) < 4.78 is 62.0. The van der Waals surface area contributed by atoms with Crippen molar-refractivity contribution < 1.29 is 26.4 Å². The molecule has 41 heavy (non-hydrogen) atoms. The maximum Gasteiger partial charge on any atom is 0.264 e. The van der Waals surface area contributed by atoms with Gasteiger partial charge >= 0.3 is 0 Å². The summed E-state index contributed by atoms with van der Waals surface area (Å²) in [5, 5.41) is 2.65. The Labute approximate surface area is 240 Å². The molecule has 0 atom stereocenters. The highest BCUT2D eigenvalue weighted by atomic mass is 32.2. The molecule has 0 aliphatic carbocycles. The maximum absolute atomic E-state index is 13.7. The van der Waals surface area contributed by atoms with E-state index < -0.39 is 32.5 Å². The van der Waals surface area contributed by atoms with Gasteiger partial charge in [0.1, 0.15) is 12.3 Å². The minimum Gasteiger partial charge on any atom is -0.495 e. The Morgan fingerprint density at radius 2 is 1.37 bits per heavy atom. The van der Waals surface area contributed by atoms with Crippen molar-refractivity contribution in [3.05, 3.63) is 108 Å². The summed E-state index contributed by atoms with van der Waals surface area (Å²) in [5.41, 5.74) is 3.83. The molecule has 4 aromatic carbocycles. The predicted molar refractivity (Wildman–Crippen MR) is 161 cm³/mol. The lowest BCUT2D eigenvalue weighted by Crippen LogP contribution is -2.38. The van der Waals surface area contributed by atoms with Crippen LogP contribution in [0.2, 0.25) is 0 Å². The molecule has 0 radical (unpaired) electrons. The summed E-state index contributed by atoms with van der Waals surface area (Å²) in [6.07, 6.45) is 0. The normalized spacial score (nSPS) is 11.5. The van der Waals surface area contributed by atoms with Crippen molar-refractivity contribution >= 4 is 43.0 Å². The first-order chi connectivity index (χ1) is 19.4. The van der Waals surface area contributed by atoms with E-state index in [4.69, 9.17) is 4.74 Å². The molecule has 0 aromatic heterocycles. The van der Waals surface area contributed by atoms with E-state index in [9.17, 15) is 21.6 Å². The van der Waals surface area contributed by atoms with Crippen LogP contribution in [0.25, 0.3) is 0 Å². The fourth-order valence-corrected chi connectivity index (χ4v) is 6.52. The van der Waals surface area contributed by atoms with Gasteiger partial charge in [-0.15, -0.1) is 0 Å². The Balaban J connectivity index is 1.55. The second-order valence-corrected chi connectivity index (χ2v) is 13.0. The number of rotatable bonds is 10. The highest BCUT2D eigenvalue weighted by Crippen LogP contribution is 2.32. The minimum atomic E-state index is -4.15. The standard InChI is InChI=1S/C30H31N3O6S2/c1-21-9-15-27(16-10-21)41(37,38)33(28-7-5-6-8-29(28)39-4)20-30(34)31-24-13-17-26(18-14-24)40(35,36)32-25-12-11-22(2)23(3)19-25/h5-19,32H,20H2,1-4H3,(H,31,34). The first-order valence-electron chi connectivity index (χ1n) is 12.6. The summed E-state index contributed by atoms with van der Waals surface area (Å²) >= 11 is 0. The number of ether oxygens (including phenoxy) is 1. The number of anilines is 3. The SMILES string of the molecule is COc1ccccc1N(CC(=O)Nc1ccc(S(=O)(=O)Nc2ccc(C)c(C)c2)cc1)S(=O)(=O)c1ccc(C)cc1. The smallest absolute Gasteiger partial charge is 0.264 e. The number of nitrogens with one attached hydrogen (secondary N) is 2. The van der Waals surface area contributed by atoms with Gasteiger partial charge < -0.3 is 10.1 Å². The number of nitrogens with zero attached hydrogens (tertiary/aromatic N) is 1. The Morgan fingerprint density at radius 1 is 0.756 bits per heavy atom. The molecule has 2 N–H and O–H groups in total. The fourth-order valence-electron chi connectivity index (χ4n) is 4.04. The van der Waals surface area contributed by atoms with Gasteiger partial charge in [-0.1, -0.05) is 35.9 Å². The molecule has 214 valence electrons. The van der Waals surface area contributed by atoms with Crippen molar-refractivity contribution in [1.82, 2.24) is 0 Å². The summed E-state index contributed by atoms with van der Waals surface area (Å²) in [6, 6.07) is 23.7. The van der Waals surface area contributed by atoms with Crippen molar-refractivity contribution in [2.45, 2.75) is 30.6 Å². The van der Waals surface area contributed by atoms with Gasteiger partial charge in [0.2, 0.25) is 5.91 Å². The Morgan fingerprint density at radius 3 is 2.00 bits per heavy atom. The number of para-hydroxylation sites is 2. The topological polar surface area (TPSA) is 122 Å². The number of hydrogen-bond acceptors (Lipinski definition) is 6. The zero-order chi connectivity index (χ0) is 29.8. The molecule has 4 rings (SSSR count). The Hall–Kier alpha value is -4.35. The lowest BCUT2D eigenvalue weighted by atomic mass is 10.1.